The molecule has 3 fully saturated rings. The van der Waals surface area contributed by atoms with Crippen molar-refractivity contribution < 1.29 is 14.3 Å². The Morgan fingerprint density at radius 2 is 2.05 bits per heavy atom. The zero-order valence-electron chi connectivity index (χ0n) is 13.2. The van der Waals surface area contributed by atoms with E-state index in [0.717, 1.165) is 38.8 Å². The molecule has 3 atom stereocenters. The van der Waals surface area contributed by atoms with Gasteiger partial charge in [0.25, 0.3) is 0 Å². The first kappa shape index (κ1) is 15.4. The number of likely N-dealkylation sites (N-methyl/N-ethyl adjacent to an activating group) is 1. The molecular weight excluding hydrogens is 266 g/mol. The highest BCUT2D eigenvalue weighted by molar-refractivity contribution is 5.84. The molecule has 2 heterocycles. The van der Waals surface area contributed by atoms with Crippen LogP contribution in [0.25, 0.3) is 0 Å². The zero-order valence-corrected chi connectivity index (χ0v) is 13.2. The SMILES string of the molecule is CCNC1COCC1C(=O)C1CCOC2(CCCCC2)C1. The summed E-state index contributed by atoms with van der Waals surface area (Å²) in [5.41, 5.74) is 0.0178. The number of hydrogen-bond acceptors (Lipinski definition) is 4. The largest absolute Gasteiger partial charge is 0.379 e. The maximum Gasteiger partial charge on any atom is 0.143 e. The number of rotatable bonds is 4. The summed E-state index contributed by atoms with van der Waals surface area (Å²) in [7, 11) is 0. The van der Waals surface area contributed by atoms with E-state index in [0.29, 0.717) is 19.0 Å². The normalized spacial score (nSPS) is 36.0. The van der Waals surface area contributed by atoms with Gasteiger partial charge < -0.3 is 14.8 Å². The quantitative estimate of drug-likeness (QED) is 0.864. The van der Waals surface area contributed by atoms with Crippen LogP contribution in [-0.4, -0.2) is 43.8 Å². The summed E-state index contributed by atoms with van der Waals surface area (Å²) in [6.07, 6.45) is 7.98. The molecule has 1 spiro atoms. The van der Waals surface area contributed by atoms with Crippen molar-refractivity contribution in [2.24, 2.45) is 11.8 Å². The fraction of sp³-hybridized carbons (Fsp3) is 0.941. The van der Waals surface area contributed by atoms with E-state index in [1.54, 1.807) is 0 Å². The molecule has 1 N–H and O–H groups in total. The first-order valence-electron chi connectivity index (χ1n) is 8.73. The van der Waals surface area contributed by atoms with E-state index in [4.69, 9.17) is 9.47 Å². The van der Waals surface area contributed by atoms with Gasteiger partial charge in [0.15, 0.2) is 0 Å². The summed E-state index contributed by atoms with van der Waals surface area (Å²) in [5.74, 6) is 0.657. The van der Waals surface area contributed by atoms with E-state index >= 15 is 0 Å². The third-order valence-corrected chi connectivity index (χ3v) is 5.57. The van der Waals surface area contributed by atoms with Crippen molar-refractivity contribution in [3.63, 3.8) is 0 Å². The Morgan fingerprint density at radius 1 is 1.24 bits per heavy atom. The van der Waals surface area contributed by atoms with Crippen molar-refractivity contribution >= 4 is 5.78 Å². The molecule has 0 amide bonds. The topological polar surface area (TPSA) is 47.6 Å². The van der Waals surface area contributed by atoms with E-state index < -0.39 is 0 Å². The third-order valence-electron chi connectivity index (χ3n) is 5.57. The Morgan fingerprint density at radius 3 is 2.81 bits per heavy atom. The highest BCUT2D eigenvalue weighted by atomic mass is 16.5. The Balaban J connectivity index is 1.64. The van der Waals surface area contributed by atoms with Gasteiger partial charge in [-0.25, -0.2) is 0 Å². The van der Waals surface area contributed by atoms with Crippen molar-refractivity contribution in [3.05, 3.63) is 0 Å². The number of carbonyl (C=O) groups excluding carboxylic acids is 1. The van der Waals surface area contributed by atoms with Crippen LogP contribution in [0.3, 0.4) is 0 Å². The third kappa shape index (κ3) is 3.33. The zero-order chi connectivity index (χ0) is 14.7. The predicted molar refractivity (Wildman–Crippen MR) is 81.3 cm³/mol. The Bertz CT molecular complexity index is 360. The average molecular weight is 295 g/mol. The summed E-state index contributed by atoms with van der Waals surface area (Å²) in [6.45, 7) is 5.02. The lowest BCUT2D eigenvalue weighted by Gasteiger charge is -2.43. The summed E-state index contributed by atoms with van der Waals surface area (Å²) in [4.78, 5) is 12.9. The van der Waals surface area contributed by atoms with Crippen LogP contribution in [-0.2, 0) is 14.3 Å². The maximum absolute atomic E-state index is 12.9. The van der Waals surface area contributed by atoms with E-state index in [-0.39, 0.29) is 23.5 Å². The van der Waals surface area contributed by atoms with Gasteiger partial charge in [0, 0.05) is 18.6 Å². The molecule has 2 saturated heterocycles. The number of carbonyl (C=O) groups is 1. The molecular formula is C17H29NO3. The average Bonchev–Trinajstić information content (AvgIpc) is 2.96. The molecule has 120 valence electrons. The minimum Gasteiger partial charge on any atom is -0.379 e. The summed E-state index contributed by atoms with van der Waals surface area (Å²) in [5, 5.41) is 3.41. The number of hydrogen-bond donors (Lipinski definition) is 1. The number of nitrogens with one attached hydrogen (secondary N) is 1. The highest BCUT2D eigenvalue weighted by Gasteiger charge is 2.44. The molecule has 0 aromatic rings. The van der Waals surface area contributed by atoms with Crippen LogP contribution in [0, 0.1) is 11.8 Å². The molecule has 0 radical (unpaired) electrons. The Labute approximate surface area is 127 Å². The van der Waals surface area contributed by atoms with Crippen LogP contribution in [0.4, 0.5) is 0 Å². The van der Waals surface area contributed by atoms with Gasteiger partial charge in [0.05, 0.1) is 24.7 Å². The van der Waals surface area contributed by atoms with Gasteiger partial charge in [0.1, 0.15) is 5.78 Å². The van der Waals surface area contributed by atoms with E-state index in [1.807, 2.05) is 0 Å². The maximum atomic E-state index is 12.9. The summed E-state index contributed by atoms with van der Waals surface area (Å²) >= 11 is 0. The van der Waals surface area contributed by atoms with Crippen molar-refractivity contribution in [2.75, 3.05) is 26.4 Å². The standard InChI is InChI=1S/C17H29NO3/c1-2-18-15-12-20-11-14(15)16(19)13-6-9-21-17(10-13)7-4-3-5-8-17/h13-15,18H,2-12H2,1H3. The van der Waals surface area contributed by atoms with Crippen molar-refractivity contribution in [3.8, 4) is 0 Å². The fourth-order valence-electron chi connectivity index (χ4n) is 4.42. The number of ketones is 1. The molecule has 4 nitrogen and oxygen atoms in total. The van der Waals surface area contributed by atoms with Crippen LogP contribution >= 0.6 is 0 Å². The summed E-state index contributed by atoms with van der Waals surface area (Å²) in [6, 6.07) is 0.215. The van der Waals surface area contributed by atoms with Gasteiger partial charge >= 0.3 is 0 Å². The van der Waals surface area contributed by atoms with Crippen LogP contribution in [0.2, 0.25) is 0 Å². The van der Waals surface area contributed by atoms with Crippen molar-refractivity contribution in [2.45, 2.75) is 63.5 Å². The van der Waals surface area contributed by atoms with E-state index in [2.05, 4.69) is 12.2 Å². The molecule has 0 bridgehead atoms. The molecule has 2 aliphatic heterocycles. The smallest absolute Gasteiger partial charge is 0.143 e. The summed E-state index contributed by atoms with van der Waals surface area (Å²) < 4.78 is 11.7. The molecule has 3 aliphatic rings. The van der Waals surface area contributed by atoms with Crippen LogP contribution in [0.5, 0.6) is 0 Å². The highest BCUT2D eigenvalue weighted by Crippen LogP contribution is 2.41. The molecule has 1 aliphatic carbocycles. The van der Waals surface area contributed by atoms with Gasteiger partial charge in [-0.05, 0) is 32.2 Å². The minimum absolute atomic E-state index is 0.0178. The first-order chi connectivity index (χ1) is 10.2. The molecule has 3 unspecified atom stereocenters. The van der Waals surface area contributed by atoms with Gasteiger partial charge in [-0.1, -0.05) is 26.2 Å². The lowest BCUT2D eigenvalue weighted by molar-refractivity contribution is -0.146. The van der Waals surface area contributed by atoms with Gasteiger partial charge in [0.2, 0.25) is 0 Å². The number of Topliss-reactive ketones (excluding diaryl/α,β-unsaturated/α-hetero) is 1. The minimum atomic E-state index is 0.0178. The van der Waals surface area contributed by atoms with Crippen LogP contribution in [0.15, 0.2) is 0 Å². The fourth-order valence-corrected chi connectivity index (χ4v) is 4.42. The van der Waals surface area contributed by atoms with E-state index in [9.17, 15) is 4.79 Å². The Hall–Kier alpha value is -0.450. The van der Waals surface area contributed by atoms with Crippen molar-refractivity contribution in [1.82, 2.24) is 5.32 Å². The molecule has 0 aromatic heterocycles. The van der Waals surface area contributed by atoms with Gasteiger partial charge in [-0.2, -0.15) is 0 Å². The second-order valence-electron chi connectivity index (χ2n) is 6.99. The van der Waals surface area contributed by atoms with E-state index in [1.165, 1.54) is 19.3 Å². The molecule has 21 heavy (non-hydrogen) atoms. The van der Waals surface area contributed by atoms with Crippen molar-refractivity contribution in [1.29, 1.82) is 0 Å². The van der Waals surface area contributed by atoms with Gasteiger partial charge in [-0.15, -0.1) is 0 Å². The lowest BCUT2D eigenvalue weighted by atomic mass is 9.73. The second-order valence-corrected chi connectivity index (χ2v) is 6.99. The molecule has 3 rings (SSSR count). The lowest BCUT2D eigenvalue weighted by Crippen LogP contribution is -2.47. The van der Waals surface area contributed by atoms with Crippen LogP contribution in [0.1, 0.15) is 51.9 Å². The van der Waals surface area contributed by atoms with Crippen LogP contribution < -0.4 is 5.32 Å². The van der Waals surface area contributed by atoms with Gasteiger partial charge in [-0.3, -0.25) is 4.79 Å². The number of ether oxygens (including phenoxy) is 2. The molecule has 4 heteroatoms. The monoisotopic (exact) mass is 295 g/mol. The molecule has 0 aromatic carbocycles. The molecule has 1 saturated carbocycles. The predicted octanol–water partition coefficient (Wildman–Crippen LogP) is 2.31. The Kier molecular flexibility index (Phi) is 4.97. The first-order valence-corrected chi connectivity index (χ1v) is 8.73. The second kappa shape index (κ2) is 6.76.